The molecule has 1 heterocycles. The van der Waals surface area contributed by atoms with Gasteiger partial charge in [-0.25, -0.2) is 4.98 Å². The molecule has 102 valence electrons. The lowest BCUT2D eigenvalue weighted by atomic mass is 10.5. The lowest BCUT2D eigenvalue weighted by Crippen LogP contribution is -2.14. The van der Waals surface area contributed by atoms with Crippen LogP contribution in [0.15, 0.2) is 22.2 Å². The Hall–Kier alpha value is -1.23. The minimum Gasteiger partial charge on any atom is -0.495 e. The van der Waals surface area contributed by atoms with Crippen molar-refractivity contribution in [2.24, 2.45) is 0 Å². The van der Waals surface area contributed by atoms with Gasteiger partial charge in [0, 0.05) is 6.07 Å². The Labute approximate surface area is 105 Å². The molecule has 1 aromatic heterocycles. The molecule has 0 unspecified atom stereocenters. The maximum Gasteiger partial charge on any atom is 0.315 e. The zero-order valence-corrected chi connectivity index (χ0v) is 11.4. The van der Waals surface area contributed by atoms with Crippen molar-refractivity contribution in [3.05, 3.63) is 12.3 Å². The number of hydrogen-bond donors (Lipinski definition) is 0. The smallest absolute Gasteiger partial charge is 0.315 e. The number of hydrogen-bond acceptors (Lipinski definition) is 8. The van der Waals surface area contributed by atoms with E-state index in [9.17, 15) is 16.8 Å². The van der Waals surface area contributed by atoms with Gasteiger partial charge in [-0.05, 0) is 0 Å². The third kappa shape index (κ3) is 2.77. The van der Waals surface area contributed by atoms with Gasteiger partial charge in [-0.15, -0.1) is 0 Å². The van der Waals surface area contributed by atoms with E-state index in [1.807, 2.05) is 0 Å². The van der Waals surface area contributed by atoms with Crippen LogP contribution >= 0.6 is 0 Å². The minimum atomic E-state index is -4.27. The van der Waals surface area contributed by atoms with E-state index in [-0.39, 0.29) is 5.75 Å². The van der Waals surface area contributed by atoms with Crippen LogP contribution in [-0.4, -0.2) is 43.1 Å². The largest absolute Gasteiger partial charge is 0.495 e. The van der Waals surface area contributed by atoms with E-state index in [4.69, 9.17) is 4.74 Å². The van der Waals surface area contributed by atoms with Crippen molar-refractivity contribution in [3.63, 3.8) is 0 Å². The van der Waals surface area contributed by atoms with Gasteiger partial charge >= 0.3 is 10.1 Å². The van der Waals surface area contributed by atoms with Crippen LogP contribution in [0, 0.1) is 0 Å². The zero-order valence-electron chi connectivity index (χ0n) is 9.78. The summed E-state index contributed by atoms with van der Waals surface area (Å²) < 4.78 is 59.6. The van der Waals surface area contributed by atoms with E-state index >= 15 is 0 Å². The normalized spacial score (nSPS) is 12.4. The van der Waals surface area contributed by atoms with Crippen molar-refractivity contribution >= 4 is 20.2 Å². The molecule has 8 nitrogen and oxygen atoms in total. The Morgan fingerprint density at radius 2 is 1.56 bits per heavy atom. The Morgan fingerprint density at radius 1 is 1.00 bits per heavy atom. The van der Waals surface area contributed by atoms with Gasteiger partial charge in [0.15, 0.2) is 0 Å². The summed E-state index contributed by atoms with van der Waals surface area (Å²) in [5.74, 6) is 0.0701. The summed E-state index contributed by atoms with van der Waals surface area (Å²) in [6, 6.07) is 0.984. The molecular weight excluding hydrogens is 286 g/mol. The van der Waals surface area contributed by atoms with E-state index < -0.39 is 30.2 Å². The number of methoxy groups -OCH3 is 1. The van der Waals surface area contributed by atoms with Crippen molar-refractivity contribution in [1.82, 2.24) is 4.98 Å². The van der Waals surface area contributed by atoms with E-state index in [0.29, 0.717) is 0 Å². The highest BCUT2D eigenvalue weighted by molar-refractivity contribution is 7.89. The maximum absolute atomic E-state index is 11.6. The second-order valence-electron chi connectivity index (χ2n) is 2.92. The zero-order chi connectivity index (χ0) is 14.0. The highest BCUT2D eigenvalue weighted by atomic mass is 32.2. The molecule has 0 N–H and O–H groups in total. The lowest BCUT2D eigenvalue weighted by Gasteiger charge is -2.09. The van der Waals surface area contributed by atoms with Crippen LogP contribution in [0.3, 0.4) is 0 Å². The van der Waals surface area contributed by atoms with E-state index in [1.165, 1.54) is 7.11 Å². The van der Waals surface area contributed by atoms with Gasteiger partial charge in [0.2, 0.25) is 5.03 Å². The molecule has 0 saturated carbocycles. The Morgan fingerprint density at radius 3 is 2.00 bits per heavy atom. The van der Waals surface area contributed by atoms with Gasteiger partial charge in [-0.2, -0.15) is 16.8 Å². The summed E-state index contributed by atoms with van der Waals surface area (Å²) in [7, 11) is -5.45. The first-order chi connectivity index (χ1) is 8.28. The predicted molar refractivity (Wildman–Crippen MR) is 59.2 cm³/mol. The SMILES string of the molecule is COc1cnc(S(=O)(=O)OC)c(S(=O)(=O)OC)c1. The molecule has 0 bridgehead atoms. The second kappa shape index (κ2) is 5.18. The van der Waals surface area contributed by atoms with Gasteiger partial charge in [-0.1, -0.05) is 0 Å². The van der Waals surface area contributed by atoms with Crippen LogP contribution in [0.5, 0.6) is 5.75 Å². The van der Waals surface area contributed by atoms with Gasteiger partial charge in [0.25, 0.3) is 10.1 Å². The molecule has 18 heavy (non-hydrogen) atoms. The highest BCUT2D eigenvalue weighted by Gasteiger charge is 2.29. The molecule has 0 aromatic carbocycles. The molecule has 1 aromatic rings. The molecule has 0 saturated heterocycles. The summed E-state index contributed by atoms with van der Waals surface area (Å²) >= 11 is 0. The van der Waals surface area contributed by atoms with Crippen molar-refractivity contribution in [2.75, 3.05) is 21.3 Å². The molecule has 0 amide bonds. The van der Waals surface area contributed by atoms with Gasteiger partial charge in [-0.3, -0.25) is 8.37 Å². The topological polar surface area (TPSA) is 109 Å². The van der Waals surface area contributed by atoms with E-state index in [0.717, 1.165) is 26.5 Å². The van der Waals surface area contributed by atoms with Crippen molar-refractivity contribution < 1.29 is 29.9 Å². The molecular formula is C8H11NO7S2. The first kappa shape index (κ1) is 14.8. The van der Waals surface area contributed by atoms with Crippen molar-refractivity contribution in [1.29, 1.82) is 0 Å². The van der Waals surface area contributed by atoms with E-state index in [2.05, 4.69) is 13.4 Å². The van der Waals surface area contributed by atoms with Crippen LogP contribution < -0.4 is 4.74 Å². The predicted octanol–water partition coefficient (Wildman–Crippen LogP) is -0.240. The standard InChI is InChI=1S/C8H11NO7S2/c1-14-6-4-7(17(10,11)15-2)8(9-5-6)18(12,13)16-3/h4-5H,1-3H3. The van der Waals surface area contributed by atoms with Crippen LogP contribution in [0.1, 0.15) is 0 Å². The number of rotatable bonds is 5. The molecule has 0 aliphatic carbocycles. The molecule has 0 radical (unpaired) electrons. The highest BCUT2D eigenvalue weighted by Crippen LogP contribution is 2.25. The Balaban J connectivity index is 3.65. The molecule has 0 aliphatic heterocycles. The lowest BCUT2D eigenvalue weighted by molar-refractivity contribution is 0.378. The third-order valence-electron chi connectivity index (χ3n) is 1.97. The van der Waals surface area contributed by atoms with Gasteiger partial charge in [0.05, 0.1) is 27.5 Å². The summed E-state index contributed by atoms with van der Waals surface area (Å²) in [5, 5.41) is -0.757. The average molecular weight is 297 g/mol. The average Bonchev–Trinajstić information content (AvgIpc) is 2.37. The second-order valence-corrected chi connectivity index (χ2v) is 6.23. The monoisotopic (exact) mass is 297 g/mol. The number of ether oxygens (including phenoxy) is 1. The summed E-state index contributed by atoms with van der Waals surface area (Å²) in [4.78, 5) is 2.86. The van der Waals surface area contributed by atoms with Gasteiger partial charge < -0.3 is 4.74 Å². The van der Waals surface area contributed by atoms with Crippen LogP contribution in [-0.2, 0) is 28.6 Å². The third-order valence-corrected chi connectivity index (χ3v) is 4.63. The van der Waals surface area contributed by atoms with Crippen molar-refractivity contribution in [3.8, 4) is 5.75 Å². The first-order valence-electron chi connectivity index (χ1n) is 4.43. The Bertz CT molecular complexity index is 635. The minimum absolute atomic E-state index is 0.0701. The number of pyridine rings is 1. The quantitative estimate of drug-likeness (QED) is 0.685. The molecule has 1 rings (SSSR count). The summed E-state index contributed by atoms with van der Waals surface area (Å²) in [6.45, 7) is 0. The Kier molecular flexibility index (Phi) is 4.27. The fourth-order valence-electron chi connectivity index (χ4n) is 1.06. The fourth-order valence-corrected chi connectivity index (χ4v) is 3.03. The molecule has 0 aliphatic rings. The van der Waals surface area contributed by atoms with Crippen LogP contribution in [0.4, 0.5) is 0 Å². The number of aromatic nitrogens is 1. The van der Waals surface area contributed by atoms with Gasteiger partial charge in [0.1, 0.15) is 10.6 Å². The number of nitrogens with zero attached hydrogens (tertiary/aromatic N) is 1. The fraction of sp³-hybridized carbons (Fsp3) is 0.375. The molecule has 0 atom stereocenters. The summed E-state index contributed by atoms with van der Waals surface area (Å²) in [6.07, 6.45) is 1.06. The molecule has 10 heteroatoms. The summed E-state index contributed by atoms with van der Waals surface area (Å²) in [5.41, 5.74) is 0. The maximum atomic E-state index is 11.6. The van der Waals surface area contributed by atoms with Crippen LogP contribution in [0.2, 0.25) is 0 Å². The van der Waals surface area contributed by atoms with Crippen LogP contribution in [0.25, 0.3) is 0 Å². The first-order valence-corrected chi connectivity index (χ1v) is 7.25. The van der Waals surface area contributed by atoms with E-state index in [1.54, 1.807) is 0 Å². The molecule has 0 fully saturated rings. The van der Waals surface area contributed by atoms with Crippen molar-refractivity contribution in [2.45, 2.75) is 9.92 Å². The molecule has 0 spiro atoms.